The van der Waals surface area contributed by atoms with Crippen LogP contribution in [0.5, 0.6) is 0 Å². The van der Waals surface area contributed by atoms with Crippen LogP contribution in [0, 0.1) is 6.92 Å². The fourth-order valence-corrected chi connectivity index (χ4v) is 3.48. The predicted octanol–water partition coefficient (Wildman–Crippen LogP) is 1.68. The van der Waals surface area contributed by atoms with Crippen molar-refractivity contribution in [1.29, 1.82) is 0 Å². The quantitative estimate of drug-likeness (QED) is 0.802. The molecule has 1 aromatic rings. The monoisotopic (exact) mass is 320 g/mol. The van der Waals surface area contributed by atoms with Gasteiger partial charge in [-0.2, -0.15) is 0 Å². The molecule has 1 aromatic carbocycles. The third-order valence-corrected chi connectivity index (χ3v) is 4.82. The minimum absolute atomic E-state index is 0.193. The largest absolute Gasteiger partial charge is 0.380 e. The lowest BCUT2D eigenvalue weighted by Crippen LogP contribution is -2.32. The van der Waals surface area contributed by atoms with Crippen LogP contribution in [0.2, 0.25) is 5.02 Å². The van der Waals surface area contributed by atoms with Crippen molar-refractivity contribution in [1.82, 2.24) is 10.0 Å². The molecule has 0 saturated carbocycles. The van der Waals surface area contributed by atoms with Gasteiger partial charge < -0.3 is 10.1 Å². The van der Waals surface area contributed by atoms with E-state index in [1.54, 1.807) is 27.0 Å². The highest BCUT2D eigenvalue weighted by atomic mass is 35.5. The smallest absolute Gasteiger partial charge is 0.240 e. The molecule has 1 rings (SSSR count). The third-order valence-electron chi connectivity index (χ3n) is 3.05. The molecule has 1 unspecified atom stereocenters. The molecule has 0 radical (unpaired) electrons. The lowest BCUT2D eigenvalue weighted by molar-refractivity contribution is 0.122. The molecule has 0 fully saturated rings. The maximum atomic E-state index is 12.3. The second kappa shape index (κ2) is 7.38. The van der Waals surface area contributed by atoms with Crippen molar-refractivity contribution in [3.8, 4) is 0 Å². The van der Waals surface area contributed by atoms with Crippen molar-refractivity contribution in [2.75, 3.05) is 20.7 Å². The molecule has 0 heterocycles. The first-order chi connectivity index (χ1) is 9.31. The maximum absolute atomic E-state index is 12.3. The molecule has 0 amide bonds. The zero-order valence-corrected chi connectivity index (χ0v) is 13.7. The Bertz CT molecular complexity index is 561. The number of ether oxygens (including phenoxy) is 1. The molecule has 0 bridgehead atoms. The van der Waals surface area contributed by atoms with E-state index in [1.165, 1.54) is 13.2 Å². The number of methoxy groups -OCH3 is 1. The van der Waals surface area contributed by atoms with Crippen LogP contribution in [-0.4, -0.2) is 35.2 Å². The fourth-order valence-electron chi connectivity index (χ4n) is 1.75. The summed E-state index contributed by atoms with van der Waals surface area (Å²) in [5.74, 6) is 0. The van der Waals surface area contributed by atoms with Crippen LogP contribution in [-0.2, 0) is 21.3 Å². The van der Waals surface area contributed by atoms with Crippen molar-refractivity contribution < 1.29 is 13.2 Å². The van der Waals surface area contributed by atoms with E-state index in [9.17, 15) is 8.42 Å². The average molecular weight is 321 g/mol. The zero-order chi connectivity index (χ0) is 15.3. The summed E-state index contributed by atoms with van der Waals surface area (Å²) in [7, 11) is -0.267. The van der Waals surface area contributed by atoms with Gasteiger partial charge in [0, 0.05) is 25.2 Å². The molecule has 0 aromatic heterocycles. The van der Waals surface area contributed by atoms with Crippen LogP contribution in [0.4, 0.5) is 0 Å². The molecule has 1 atom stereocenters. The summed E-state index contributed by atoms with van der Waals surface area (Å²) in [6.45, 7) is 4.34. The average Bonchev–Trinajstić information content (AvgIpc) is 2.40. The van der Waals surface area contributed by atoms with Gasteiger partial charge in [-0.05, 0) is 44.2 Å². The lowest BCUT2D eigenvalue weighted by Gasteiger charge is -2.15. The zero-order valence-electron chi connectivity index (χ0n) is 12.2. The molecule has 0 aliphatic heterocycles. The molecule has 0 saturated heterocycles. The summed E-state index contributed by atoms with van der Waals surface area (Å²) < 4.78 is 32.2. The molecular formula is C13H21ClN2O3S. The second-order valence-corrected chi connectivity index (χ2v) is 6.79. The molecule has 0 aliphatic carbocycles. The fraction of sp³-hybridized carbons (Fsp3) is 0.538. The number of halogens is 1. The van der Waals surface area contributed by atoms with E-state index in [1.807, 2.05) is 0 Å². The highest BCUT2D eigenvalue weighted by molar-refractivity contribution is 7.89. The Balaban J connectivity index is 3.11. The summed E-state index contributed by atoms with van der Waals surface area (Å²) in [5.41, 5.74) is 1.56. The molecule has 0 spiro atoms. The summed E-state index contributed by atoms with van der Waals surface area (Å²) in [6, 6.07) is 3.24. The summed E-state index contributed by atoms with van der Waals surface area (Å²) in [6.07, 6.45) is -0.193. The van der Waals surface area contributed by atoms with Crippen molar-refractivity contribution in [2.45, 2.75) is 31.4 Å². The van der Waals surface area contributed by atoms with Crippen molar-refractivity contribution in [3.05, 3.63) is 28.3 Å². The Kier molecular flexibility index (Phi) is 6.42. The van der Waals surface area contributed by atoms with Gasteiger partial charge in [-0.15, -0.1) is 0 Å². The Morgan fingerprint density at radius 3 is 2.60 bits per heavy atom. The van der Waals surface area contributed by atoms with E-state index >= 15 is 0 Å². The Hall–Kier alpha value is -0.660. The third kappa shape index (κ3) is 4.43. The highest BCUT2D eigenvalue weighted by Gasteiger charge is 2.20. The van der Waals surface area contributed by atoms with Crippen LogP contribution in [0.3, 0.4) is 0 Å². The van der Waals surface area contributed by atoms with Gasteiger partial charge in [0.1, 0.15) is 0 Å². The number of benzene rings is 1. The standard InChI is InChI=1S/C13H21ClN2O3S/c1-9(19-4)7-16-20(17,18)13-6-12(14)5-11(8-15-3)10(13)2/h5-6,9,15-16H,7-8H2,1-4H3. The summed E-state index contributed by atoms with van der Waals surface area (Å²) in [4.78, 5) is 0.207. The summed E-state index contributed by atoms with van der Waals surface area (Å²) >= 11 is 6.01. The molecule has 5 nitrogen and oxygen atoms in total. The Labute approximate surface area is 125 Å². The number of hydrogen-bond acceptors (Lipinski definition) is 4. The van der Waals surface area contributed by atoms with E-state index in [2.05, 4.69) is 10.0 Å². The predicted molar refractivity (Wildman–Crippen MR) is 80.6 cm³/mol. The number of nitrogens with one attached hydrogen (secondary N) is 2. The number of hydrogen-bond donors (Lipinski definition) is 2. The lowest BCUT2D eigenvalue weighted by atomic mass is 10.1. The SMILES string of the molecule is CNCc1cc(Cl)cc(S(=O)(=O)NCC(C)OC)c1C. The second-order valence-electron chi connectivity index (χ2n) is 4.62. The van der Waals surface area contributed by atoms with Crippen LogP contribution < -0.4 is 10.0 Å². The summed E-state index contributed by atoms with van der Waals surface area (Å²) in [5, 5.41) is 3.40. The first-order valence-corrected chi connectivity index (χ1v) is 8.14. The van der Waals surface area contributed by atoms with E-state index in [0.29, 0.717) is 17.1 Å². The van der Waals surface area contributed by atoms with Gasteiger partial charge in [0.25, 0.3) is 0 Å². The molecule has 114 valence electrons. The van der Waals surface area contributed by atoms with E-state index < -0.39 is 10.0 Å². The van der Waals surface area contributed by atoms with E-state index in [0.717, 1.165) is 5.56 Å². The Morgan fingerprint density at radius 1 is 1.40 bits per heavy atom. The van der Waals surface area contributed by atoms with Gasteiger partial charge in [-0.3, -0.25) is 0 Å². The van der Waals surface area contributed by atoms with Crippen LogP contribution in [0.25, 0.3) is 0 Å². The normalized spacial score (nSPS) is 13.4. The van der Waals surface area contributed by atoms with E-state index in [-0.39, 0.29) is 17.5 Å². The number of sulfonamides is 1. The van der Waals surface area contributed by atoms with Crippen LogP contribution >= 0.6 is 11.6 Å². The Morgan fingerprint density at radius 2 is 2.05 bits per heavy atom. The molecule has 7 heteroatoms. The molecule has 0 aliphatic rings. The topological polar surface area (TPSA) is 67.4 Å². The highest BCUT2D eigenvalue weighted by Crippen LogP contribution is 2.24. The van der Waals surface area contributed by atoms with Gasteiger partial charge in [0.15, 0.2) is 0 Å². The molecule has 2 N–H and O–H groups in total. The van der Waals surface area contributed by atoms with E-state index in [4.69, 9.17) is 16.3 Å². The van der Waals surface area contributed by atoms with Gasteiger partial charge in [0.05, 0.1) is 11.0 Å². The first kappa shape index (κ1) is 17.4. The van der Waals surface area contributed by atoms with Crippen molar-refractivity contribution in [2.24, 2.45) is 0 Å². The first-order valence-electron chi connectivity index (χ1n) is 6.28. The van der Waals surface area contributed by atoms with Gasteiger partial charge >= 0.3 is 0 Å². The van der Waals surface area contributed by atoms with Gasteiger partial charge in [-0.25, -0.2) is 13.1 Å². The number of rotatable bonds is 7. The van der Waals surface area contributed by atoms with Crippen molar-refractivity contribution in [3.63, 3.8) is 0 Å². The van der Waals surface area contributed by atoms with Crippen LogP contribution in [0.15, 0.2) is 17.0 Å². The van der Waals surface area contributed by atoms with Gasteiger partial charge in [0.2, 0.25) is 10.0 Å². The van der Waals surface area contributed by atoms with Crippen LogP contribution in [0.1, 0.15) is 18.1 Å². The van der Waals surface area contributed by atoms with Gasteiger partial charge in [-0.1, -0.05) is 11.6 Å². The minimum Gasteiger partial charge on any atom is -0.380 e. The van der Waals surface area contributed by atoms with Crippen molar-refractivity contribution >= 4 is 21.6 Å². The molecular weight excluding hydrogens is 300 g/mol. The molecule has 20 heavy (non-hydrogen) atoms. The minimum atomic E-state index is -3.60. The maximum Gasteiger partial charge on any atom is 0.240 e.